The SMILES string of the molecule is CCOC(=O)C[C@H](N)C1CC1. The van der Waals surface area contributed by atoms with Gasteiger partial charge < -0.3 is 10.5 Å². The first kappa shape index (κ1) is 8.53. The summed E-state index contributed by atoms with van der Waals surface area (Å²) in [5.41, 5.74) is 5.71. The second-order valence-electron chi connectivity index (χ2n) is 3.01. The molecule has 3 nitrogen and oxygen atoms in total. The van der Waals surface area contributed by atoms with Crippen LogP contribution in [0.1, 0.15) is 26.2 Å². The fourth-order valence-corrected chi connectivity index (χ4v) is 1.10. The van der Waals surface area contributed by atoms with Gasteiger partial charge in [0.2, 0.25) is 0 Å². The zero-order valence-corrected chi connectivity index (χ0v) is 6.88. The second-order valence-corrected chi connectivity index (χ2v) is 3.01. The molecule has 1 saturated carbocycles. The molecule has 0 spiro atoms. The summed E-state index contributed by atoms with van der Waals surface area (Å²) in [6.07, 6.45) is 2.75. The van der Waals surface area contributed by atoms with Gasteiger partial charge in [0.25, 0.3) is 0 Å². The first-order valence-electron chi connectivity index (χ1n) is 4.15. The minimum Gasteiger partial charge on any atom is -0.466 e. The number of carbonyl (C=O) groups is 1. The summed E-state index contributed by atoms with van der Waals surface area (Å²) in [5, 5.41) is 0. The van der Waals surface area contributed by atoms with E-state index < -0.39 is 0 Å². The topological polar surface area (TPSA) is 52.3 Å². The van der Waals surface area contributed by atoms with E-state index >= 15 is 0 Å². The number of esters is 1. The summed E-state index contributed by atoms with van der Waals surface area (Å²) >= 11 is 0. The normalized spacial score (nSPS) is 19.5. The van der Waals surface area contributed by atoms with E-state index in [1.165, 1.54) is 12.8 Å². The van der Waals surface area contributed by atoms with Gasteiger partial charge in [-0.05, 0) is 25.7 Å². The molecule has 0 bridgehead atoms. The van der Waals surface area contributed by atoms with E-state index in [0.717, 1.165) is 0 Å². The maximum absolute atomic E-state index is 10.9. The van der Waals surface area contributed by atoms with Crippen LogP contribution >= 0.6 is 0 Å². The third-order valence-corrected chi connectivity index (χ3v) is 1.94. The molecule has 1 fully saturated rings. The van der Waals surface area contributed by atoms with Crippen molar-refractivity contribution in [2.75, 3.05) is 6.61 Å². The first-order valence-corrected chi connectivity index (χ1v) is 4.15. The Balaban J connectivity index is 2.12. The number of nitrogens with two attached hydrogens (primary N) is 1. The Morgan fingerprint density at radius 3 is 2.82 bits per heavy atom. The van der Waals surface area contributed by atoms with E-state index in [0.29, 0.717) is 18.9 Å². The highest BCUT2D eigenvalue weighted by Gasteiger charge is 2.29. The van der Waals surface area contributed by atoms with Gasteiger partial charge in [-0.3, -0.25) is 4.79 Å². The van der Waals surface area contributed by atoms with Gasteiger partial charge in [-0.1, -0.05) is 0 Å². The Morgan fingerprint density at radius 1 is 1.73 bits per heavy atom. The van der Waals surface area contributed by atoms with E-state index in [9.17, 15) is 4.79 Å². The van der Waals surface area contributed by atoms with Crippen LogP contribution in [-0.2, 0) is 9.53 Å². The minimum absolute atomic E-state index is 0.0362. The third-order valence-electron chi connectivity index (χ3n) is 1.94. The predicted molar refractivity (Wildman–Crippen MR) is 41.9 cm³/mol. The van der Waals surface area contributed by atoms with Crippen molar-refractivity contribution in [2.24, 2.45) is 11.7 Å². The minimum atomic E-state index is -0.160. The summed E-state index contributed by atoms with van der Waals surface area (Å²) in [7, 11) is 0. The zero-order valence-electron chi connectivity index (χ0n) is 6.88. The van der Waals surface area contributed by atoms with E-state index in [1.54, 1.807) is 6.92 Å². The molecular weight excluding hydrogens is 142 g/mol. The molecule has 3 heteroatoms. The Hall–Kier alpha value is -0.570. The quantitative estimate of drug-likeness (QED) is 0.610. The lowest BCUT2D eigenvalue weighted by atomic mass is 10.1. The smallest absolute Gasteiger partial charge is 0.307 e. The van der Waals surface area contributed by atoms with Crippen molar-refractivity contribution >= 4 is 5.97 Å². The average Bonchev–Trinajstić information content (AvgIpc) is 2.67. The number of hydrogen-bond acceptors (Lipinski definition) is 3. The Labute approximate surface area is 66.9 Å². The molecule has 2 N–H and O–H groups in total. The van der Waals surface area contributed by atoms with E-state index in [-0.39, 0.29) is 12.0 Å². The van der Waals surface area contributed by atoms with Gasteiger partial charge in [-0.25, -0.2) is 0 Å². The number of rotatable bonds is 4. The standard InChI is InChI=1S/C8H15NO2/c1-2-11-8(10)5-7(9)6-3-4-6/h6-7H,2-5,9H2,1H3/t7-/m0/s1. The molecule has 64 valence electrons. The van der Waals surface area contributed by atoms with Gasteiger partial charge in [0, 0.05) is 6.04 Å². The molecule has 0 saturated heterocycles. The van der Waals surface area contributed by atoms with Crippen molar-refractivity contribution in [1.29, 1.82) is 0 Å². The van der Waals surface area contributed by atoms with Crippen molar-refractivity contribution in [3.8, 4) is 0 Å². The lowest BCUT2D eigenvalue weighted by Gasteiger charge is -2.08. The molecule has 1 aliphatic carbocycles. The molecule has 0 heterocycles. The first-order chi connectivity index (χ1) is 5.24. The molecule has 0 amide bonds. The summed E-state index contributed by atoms with van der Waals surface area (Å²) < 4.78 is 4.77. The van der Waals surface area contributed by atoms with Crippen LogP contribution in [0.25, 0.3) is 0 Å². The van der Waals surface area contributed by atoms with Gasteiger partial charge in [-0.15, -0.1) is 0 Å². The number of carbonyl (C=O) groups excluding carboxylic acids is 1. The summed E-state index contributed by atoms with van der Waals surface area (Å²) in [6.45, 7) is 2.26. The average molecular weight is 157 g/mol. The molecule has 0 unspecified atom stereocenters. The van der Waals surface area contributed by atoms with Crippen LogP contribution in [0.15, 0.2) is 0 Å². The molecule has 0 aliphatic heterocycles. The van der Waals surface area contributed by atoms with Crippen LogP contribution in [0.5, 0.6) is 0 Å². The monoisotopic (exact) mass is 157 g/mol. The molecule has 11 heavy (non-hydrogen) atoms. The van der Waals surface area contributed by atoms with E-state index in [2.05, 4.69) is 0 Å². The molecule has 1 rings (SSSR count). The van der Waals surface area contributed by atoms with Crippen LogP contribution < -0.4 is 5.73 Å². The van der Waals surface area contributed by atoms with E-state index in [4.69, 9.17) is 10.5 Å². The molecule has 1 aliphatic rings. The fraction of sp³-hybridized carbons (Fsp3) is 0.875. The van der Waals surface area contributed by atoms with Crippen LogP contribution in [-0.4, -0.2) is 18.6 Å². The van der Waals surface area contributed by atoms with Gasteiger partial charge in [-0.2, -0.15) is 0 Å². The Morgan fingerprint density at radius 2 is 2.36 bits per heavy atom. The molecule has 1 atom stereocenters. The zero-order chi connectivity index (χ0) is 8.27. The summed E-state index contributed by atoms with van der Waals surface area (Å²) in [5.74, 6) is 0.423. The second kappa shape index (κ2) is 3.72. The third kappa shape index (κ3) is 2.89. The van der Waals surface area contributed by atoms with Gasteiger partial charge in [0.15, 0.2) is 0 Å². The highest BCUT2D eigenvalue weighted by molar-refractivity contribution is 5.70. The molecule has 0 radical (unpaired) electrons. The van der Waals surface area contributed by atoms with Crippen molar-refractivity contribution in [3.63, 3.8) is 0 Å². The van der Waals surface area contributed by atoms with Crippen LogP contribution in [0.4, 0.5) is 0 Å². The highest BCUT2D eigenvalue weighted by Crippen LogP contribution is 2.32. The van der Waals surface area contributed by atoms with Crippen LogP contribution in [0.2, 0.25) is 0 Å². The van der Waals surface area contributed by atoms with Crippen LogP contribution in [0, 0.1) is 5.92 Å². The lowest BCUT2D eigenvalue weighted by Crippen LogP contribution is -2.26. The molecule has 0 aromatic carbocycles. The summed E-state index contributed by atoms with van der Waals surface area (Å²) in [6, 6.07) is 0.0362. The van der Waals surface area contributed by atoms with Crippen LogP contribution in [0.3, 0.4) is 0 Å². The maximum Gasteiger partial charge on any atom is 0.307 e. The number of ether oxygens (including phenoxy) is 1. The van der Waals surface area contributed by atoms with Gasteiger partial charge in [0.05, 0.1) is 13.0 Å². The Bertz CT molecular complexity index is 143. The molecular formula is C8H15NO2. The fourth-order valence-electron chi connectivity index (χ4n) is 1.10. The lowest BCUT2D eigenvalue weighted by molar-refractivity contribution is -0.143. The van der Waals surface area contributed by atoms with Gasteiger partial charge >= 0.3 is 5.97 Å². The largest absolute Gasteiger partial charge is 0.466 e. The van der Waals surface area contributed by atoms with Crippen molar-refractivity contribution in [3.05, 3.63) is 0 Å². The van der Waals surface area contributed by atoms with Crippen molar-refractivity contribution in [2.45, 2.75) is 32.2 Å². The molecule has 0 aromatic heterocycles. The summed E-state index contributed by atoms with van der Waals surface area (Å²) in [4.78, 5) is 10.9. The number of hydrogen-bond donors (Lipinski definition) is 1. The highest BCUT2D eigenvalue weighted by atomic mass is 16.5. The van der Waals surface area contributed by atoms with Gasteiger partial charge in [0.1, 0.15) is 0 Å². The van der Waals surface area contributed by atoms with Crippen molar-refractivity contribution < 1.29 is 9.53 Å². The molecule has 0 aromatic rings. The maximum atomic E-state index is 10.9. The van der Waals surface area contributed by atoms with Crippen molar-refractivity contribution in [1.82, 2.24) is 0 Å². The Kier molecular flexibility index (Phi) is 2.88. The predicted octanol–water partition coefficient (Wildman–Crippen LogP) is 0.677. The van der Waals surface area contributed by atoms with E-state index in [1.807, 2.05) is 0 Å².